The van der Waals surface area contributed by atoms with Gasteiger partial charge in [-0.1, -0.05) is 6.07 Å². The second-order valence-corrected chi connectivity index (χ2v) is 5.02. The Labute approximate surface area is 127 Å². The molecule has 0 aliphatic carbocycles. The van der Waals surface area contributed by atoms with E-state index in [1.54, 1.807) is 12.1 Å². The molecule has 1 N–H and O–H groups in total. The highest BCUT2D eigenvalue weighted by Crippen LogP contribution is 2.30. The van der Waals surface area contributed by atoms with Gasteiger partial charge in [0.2, 0.25) is 0 Å². The molecule has 0 radical (unpaired) electrons. The van der Waals surface area contributed by atoms with Crippen LogP contribution in [0.2, 0.25) is 0 Å². The van der Waals surface area contributed by atoms with Gasteiger partial charge in [0, 0.05) is 3.57 Å². The van der Waals surface area contributed by atoms with Crippen LogP contribution in [0, 0.1) is 20.7 Å². The average molecular weight is 383 g/mol. The fourth-order valence-corrected chi connectivity index (χ4v) is 2.07. The van der Waals surface area contributed by atoms with Gasteiger partial charge in [0.05, 0.1) is 0 Å². The molecule has 0 unspecified atom stereocenters. The summed E-state index contributed by atoms with van der Waals surface area (Å²) in [5.41, 5.74) is -0.313. The molecular weight excluding hydrogens is 376 g/mol. The number of nitrogens with zero attached hydrogens (tertiary/aromatic N) is 1. The van der Waals surface area contributed by atoms with Crippen LogP contribution in [0.25, 0.3) is 0 Å². The molecule has 0 aliphatic rings. The van der Waals surface area contributed by atoms with Crippen molar-refractivity contribution in [3.63, 3.8) is 0 Å². The van der Waals surface area contributed by atoms with E-state index in [4.69, 9.17) is 15.1 Å². The maximum atomic E-state index is 13.5. The molecule has 2 aromatic rings. The van der Waals surface area contributed by atoms with Gasteiger partial charge in [-0.05, 0) is 52.9 Å². The van der Waals surface area contributed by atoms with Crippen molar-refractivity contribution in [1.82, 2.24) is 0 Å². The Morgan fingerprint density at radius 3 is 2.70 bits per heavy atom. The van der Waals surface area contributed by atoms with Crippen LogP contribution in [-0.2, 0) is 0 Å². The van der Waals surface area contributed by atoms with E-state index in [-0.39, 0.29) is 22.6 Å². The van der Waals surface area contributed by atoms with Gasteiger partial charge in [-0.15, -0.1) is 0 Å². The summed E-state index contributed by atoms with van der Waals surface area (Å²) in [5, 5.41) is 18.0. The second kappa shape index (κ2) is 5.88. The molecule has 0 heterocycles. The molecule has 0 fully saturated rings. The van der Waals surface area contributed by atoms with Crippen molar-refractivity contribution < 1.29 is 19.0 Å². The predicted molar refractivity (Wildman–Crippen MR) is 77.3 cm³/mol. The standard InChI is InChI=1S/C14H7FINO3/c15-11-2-1-3-12(10(11)7-17)20-13-5-4-8(16)6-9(13)14(18)19/h1-6H,(H,18,19). The van der Waals surface area contributed by atoms with Gasteiger partial charge < -0.3 is 9.84 Å². The topological polar surface area (TPSA) is 70.3 Å². The lowest BCUT2D eigenvalue weighted by atomic mass is 10.2. The number of carboxylic acid groups (broad SMARTS) is 1. The maximum Gasteiger partial charge on any atom is 0.339 e. The van der Waals surface area contributed by atoms with Crippen LogP contribution in [0.5, 0.6) is 11.5 Å². The van der Waals surface area contributed by atoms with Crippen molar-refractivity contribution in [2.75, 3.05) is 0 Å². The zero-order chi connectivity index (χ0) is 14.7. The lowest BCUT2D eigenvalue weighted by Gasteiger charge is -2.10. The van der Waals surface area contributed by atoms with Crippen LogP contribution in [0.1, 0.15) is 15.9 Å². The third-order valence-corrected chi connectivity index (χ3v) is 3.15. The van der Waals surface area contributed by atoms with Crippen molar-refractivity contribution in [3.8, 4) is 17.6 Å². The molecule has 6 heteroatoms. The third kappa shape index (κ3) is 2.88. The Hall–Kier alpha value is -2.14. The molecule has 0 aromatic heterocycles. The lowest BCUT2D eigenvalue weighted by molar-refractivity contribution is 0.0694. The smallest absolute Gasteiger partial charge is 0.339 e. The Balaban J connectivity index is 2.49. The van der Waals surface area contributed by atoms with Crippen LogP contribution in [0.3, 0.4) is 0 Å². The highest BCUT2D eigenvalue weighted by Gasteiger charge is 2.15. The highest BCUT2D eigenvalue weighted by atomic mass is 127. The second-order valence-electron chi connectivity index (χ2n) is 3.77. The number of aromatic carboxylic acids is 1. The number of hydrogen-bond donors (Lipinski definition) is 1. The van der Waals surface area contributed by atoms with Crippen molar-refractivity contribution >= 4 is 28.6 Å². The number of carbonyl (C=O) groups is 1. The number of hydrogen-bond acceptors (Lipinski definition) is 3. The van der Waals surface area contributed by atoms with Gasteiger partial charge in [-0.25, -0.2) is 9.18 Å². The minimum atomic E-state index is -1.16. The maximum absolute atomic E-state index is 13.5. The molecule has 2 aromatic carbocycles. The lowest BCUT2D eigenvalue weighted by Crippen LogP contribution is -2.01. The molecule has 0 saturated carbocycles. The molecule has 2 rings (SSSR count). The van der Waals surface area contributed by atoms with E-state index in [2.05, 4.69) is 0 Å². The number of benzene rings is 2. The quantitative estimate of drug-likeness (QED) is 0.819. The summed E-state index contributed by atoms with van der Waals surface area (Å²) >= 11 is 1.97. The summed E-state index contributed by atoms with van der Waals surface area (Å²) in [6, 6.07) is 10.2. The Morgan fingerprint density at radius 1 is 1.30 bits per heavy atom. The first kappa shape index (κ1) is 14.3. The molecule has 0 atom stereocenters. The number of ether oxygens (including phenoxy) is 1. The third-order valence-electron chi connectivity index (χ3n) is 2.48. The van der Waals surface area contributed by atoms with E-state index in [1.807, 2.05) is 22.6 Å². The van der Waals surface area contributed by atoms with E-state index < -0.39 is 11.8 Å². The van der Waals surface area contributed by atoms with Gasteiger partial charge in [0.15, 0.2) is 0 Å². The van der Waals surface area contributed by atoms with Crippen LogP contribution < -0.4 is 4.74 Å². The van der Waals surface area contributed by atoms with Crippen molar-refractivity contribution in [2.45, 2.75) is 0 Å². The van der Waals surface area contributed by atoms with E-state index >= 15 is 0 Å². The zero-order valence-electron chi connectivity index (χ0n) is 9.93. The van der Waals surface area contributed by atoms with Crippen LogP contribution in [0.15, 0.2) is 36.4 Å². The normalized spacial score (nSPS) is 9.85. The number of carboxylic acids is 1. The molecular formula is C14H7FINO3. The summed E-state index contributed by atoms with van der Waals surface area (Å²) in [7, 11) is 0. The number of rotatable bonds is 3. The summed E-state index contributed by atoms with van der Waals surface area (Å²) in [4.78, 5) is 11.2. The van der Waals surface area contributed by atoms with Crippen LogP contribution in [0.4, 0.5) is 4.39 Å². The summed E-state index contributed by atoms with van der Waals surface area (Å²) < 4.78 is 19.6. The molecule has 20 heavy (non-hydrogen) atoms. The van der Waals surface area contributed by atoms with E-state index in [0.29, 0.717) is 0 Å². The Bertz CT molecular complexity index is 725. The van der Waals surface area contributed by atoms with Crippen molar-refractivity contribution in [2.24, 2.45) is 0 Å². The van der Waals surface area contributed by atoms with Gasteiger partial charge in [0.25, 0.3) is 0 Å². The summed E-state index contributed by atoms with van der Waals surface area (Å²) in [6.07, 6.45) is 0. The molecule has 4 nitrogen and oxygen atoms in total. The fourth-order valence-electron chi connectivity index (χ4n) is 1.57. The molecule has 0 bridgehead atoms. The predicted octanol–water partition coefficient (Wildman–Crippen LogP) is 3.79. The van der Waals surface area contributed by atoms with Gasteiger partial charge in [0.1, 0.15) is 34.5 Å². The average Bonchev–Trinajstić information content (AvgIpc) is 2.41. The summed E-state index contributed by atoms with van der Waals surface area (Å²) in [5.74, 6) is -1.84. The Kier molecular flexibility index (Phi) is 4.20. The minimum Gasteiger partial charge on any atom is -0.478 e. The monoisotopic (exact) mass is 383 g/mol. The van der Waals surface area contributed by atoms with E-state index in [9.17, 15) is 9.18 Å². The minimum absolute atomic E-state index is 0.0174. The molecule has 0 amide bonds. The molecule has 100 valence electrons. The van der Waals surface area contributed by atoms with Crippen LogP contribution in [-0.4, -0.2) is 11.1 Å². The fraction of sp³-hybridized carbons (Fsp3) is 0. The van der Waals surface area contributed by atoms with E-state index in [0.717, 1.165) is 9.64 Å². The van der Waals surface area contributed by atoms with Crippen molar-refractivity contribution in [3.05, 3.63) is 56.9 Å². The summed E-state index contributed by atoms with van der Waals surface area (Å²) in [6.45, 7) is 0. The Morgan fingerprint density at radius 2 is 2.05 bits per heavy atom. The molecule has 0 spiro atoms. The number of halogens is 2. The highest BCUT2D eigenvalue weighted by molar-refractivity contribution is 14.1. The number of nitriles is 1. The first-order valence-corrected chi connectivity index (χ1v) is 6.50. The molecule has 0 saturated heterocycles. The first-order valence-electron chi connectivity index (χ1n) is 5.42. The zero-order valence-corrected chi connectivity index (χ0v) is 12.1. The van der Waals surface area contributed by atoms with Gasteiger partial charge in [-0.3, -0.25) is 0 Å². The van der Waals surface area contributed by atoms with Gasteiger partial charge in [-0.2, -0.15) is 5.26 Å². The molecule has 0 aliphatic heterocycles. The SMILES string of the molecule is N#Cc1c(F)cccc1Oc1ccc(I)cc1C(=O)O. The van der Waals surface area contributed by atoms with Crippen LogP contribution >= 0.6 is 22.6 Å². The van der Waals surface area contributed by atoms with Crippen molar-refractivity contribution in [1.29, 1.82) is 5.26 Å². The largest absolute Gasteiger partial charge is 0.478 e. The van der Waals surface area contributed by atoms with Gasteiger partial charge >= 0.3 is 5.97 Å². The first-order chi connectivity index (χ1) is 9.52. The van der Waals surface area contributed by atoms with E-state index in [1.165, 1.54) is 24.3 Å².